The van der Waals surface area contributed by atoms with Crippen LogP contribution in [-0.2, 0) is 23.7 Å². The number of hydrogen-bond donors (Lipinski definition) is 0. The van der Waals surface area contributed by atoms with E-state index in [9.17, 15) is 0 Å². The van der Waals surface area contributed by atoms with Crippen molar-refractivity contribution in [3.05, 3.63) is 314 Å². The number of aryl methyl sites for hydroxylation is 12. The Balaban J connectivity index is 0.000000668. The fourth-order valence-corrected chi connectivity index (χ4v) is 14.5. The van der Waals surface area contributed by atoms with Crippen LogP contribution in [0.25, 0.3) is 0 Å². The molecular formula is C115H176. The van der Waals surface area contributed by atoms with Crippen LogP contribution in [0.3, 0.4) is 0 Å². The fourth-order valence-electron chi connectivity index (χ4n) is 14.5. The molecule has 0 heterocycles. The minimum Gasteiger partial charge on any atom is -0.0625 e. The van der Waals surface area contributed by atoms with Crippen molar-refractivity contribution in [2.24, 2.45) is 11.8 Å². The number of rotatable bonds is 15. The average molecular weight is 1560 g/mol. The van der Waals surface area contributed by atoms with Crippen molar-refractivity contribution in [1.29, 1.82) is 0 Å². The van der Waals surface area contributed by atoms with Crippen LogP contribution in [0.1, 0.15) is 441 Å². The van der Waals surface area contributed by atoms with Crippen molar-refractivity contribution in [1.82, 2.24) is 0 Å². The monoisotopic (exact) mass is 1560 g/mol. The van der Waals surface area contributed by atoms with E-state index in [-0.39, 0.29) is 10.8 Å². The van der Waals surface area contributed by atoms with Gasteiger partial charge in [0.1, 0.15) is 0 Å². The van der Waals surface area contributed by atoms with Crippen LogP contribution in [0.5, 0.6) is 0 Å². The zero-order valence-corrected chi connectivity index (χ0v) is 82.5. The van der Waals surface area contributed by atoms with Crippen molar-refractivity contribution in [2.75, 3.05) is 0 Å². The summed E-state index contributed by atoms with van der Waals surface area (Å²) in [5.74, 6) is 8.27. The lowest BCUT2D eigenvalue weighted by atomic mass is 9.78. The first-order chi connectivity index (χ1) is 54.2. The Labute approximate surface area is 718 Å². The molecule has 0 aromatic heterocycles. The molecule has 0 N–H and O–H groups in total. The molecule has 636 valence electrons. The van der Waals surface area contributed by atoms with Gasteiger partial charge in [-0.1, -0.05) is 424 Å². The first-order valence-corrected chi connectivity index (χ1v) is 44.6. The maximum Gasteiger partial charge on any atom is 0.0280 e. The van der Waals surface area contributed by atoms with Crippen LogP contribution in [0.4, 0.5) is 0 Å². The molecular weight excluding hydrogens is 1380 g/mol. The standard InChI is InChI=1S/2C17H28.C15H24.C12H18.4C11H16.C10H14/c1-12(2)13-9-14(16(3,4)5)11-15(10-13)17(6,7)8;1-12(2)7-15-9-16(8-13(3)4)11-17(10-15)14(5)6;1-10(2)13-7-14(11(3)4)9-15(8-13)12(5)6;1-8(2)12-10(4)6-9(3)7-11(12)5;2*1-8(2)11-6-9(3)5-10(4)7-11;1-8(2)11-7-9(3)5-6-10(11)4;1-8(2)11-9(3)6-5-7-10(11)4;1-8(2)10-6-4-9(3)5-7-10/h9-12H,1-8H3;9-14H,7-8H2,1-6H3;7-12H,1-6H3;6-8H,1-5H3;4*5-8H,1-4H3;4-8H,1-3H3/i;;;3D3;;;;;. The maximum atomic E-state index is 7.38. The summed E-state index contributed by atoms with van der Waals surface area (Å²) in [5, 5.41) is 0. The Kier molecular flexibility index (Phi) is 44.2. The first kappa shape index (κ1) is 100. The Morgan fingerprint density at radius 3 is 0.791 bits per heavy atom. The van der Waals surface area contributed by atoms with Crippen molar-refractivity contribution in [3.8, 4) is 0 Å². The third-order valence-corrected chi connectivity index (χ3v) is 21.3. The molecule has 0 atom stereocenters. The average Bonchev–Trinajstić information content (AvgIpc) is 0.808. The molecule has 115 heavy (non-hydrogen) atoms. The Hall–Kier alpha value is -7.02. The molecule has 9 aromatic rings. The highest BCUT2D eigenvalue weighted by atomic mass is 14.3. The van der Waals surface area contributed by atoms with Crippen LogP contribution in [0.2, 0.25) is 0 Å². The van der Waals surface area contributed by atoms with Gasteiger partial charge >= 0.3 is 0 Å². The molecule has 9 aromatic carbocycles. The van der Waals surface area contributed by atoms with Gasteiger partial charge in [-0.2, -0.15) is 0 Å². The van der Waals surface area contributed by atoms with E-state index in [4.69, 9.17) is 4.11 Å². The van der Waals surface area contributed by atoms with E-state index in [0.29, 0.717) is 70.7 Å². The van der Waals surface area contributed by atoms with E-state index in [0.717, 1.165) is 23.0 Å². The van der Waals surface area contributed by atoms with Crippen molar-refractivity contribution >= 4 is 0 Å². The summed E-state index contributed by atoms with van der Waals surface area (Å²) in [6.07, 6.45) is 2.40. The molecule has 0 aliphatic carbocycles. The lowest BCUT2D eigenvalue weighted by Gasteiger charge is -2.27. The molecule has 0 aliphatic rings. The maximum absolute atomic E-state index is 7.38. The zero-order valence-electron chi connectivity index (χ0n) is 85.5. The zero-order chi connectivity index (χ0) is 91.1. The SMILES string of the molecule is CC(C)Cc1cc(CC(C)C)cc(C(C)C)c1.CC(C)c1cc(C(C)(C)C)cc(C(C)(C)C)c1.CC(C)c1cc(C(C)C)cc(C(C)C)c1.Cc1cc(C)cc(C(C)C)c1.Cc1cc(C)cc(C(C)C)c1.Cc1ccc(C(C)C)cc1.Cc1ccc(C)c(C(C)C)c1.Cc1cccc(C)c1C(C)C.[2H]C([2H])([2H])c1cc(C)c(C(C)C)c(C)c1. The van der Waals surface area contributed by atoms with E-state index in [1.54, 1.807) is 12.1 Å². The largest absolute Gasteiger partial charge is 0.0625 e. The minimum atomic E-state index is -2.00. The molecule has 0 saturated heterocycles. The summed E-state index contributed by atoms with van der Waals surface area (Å²) in [4.78, 5) is 0. The summed E-state index contributed by atoms with van der Waals surface area (Å²) in [7, 11) is 0. The Bertz CT molecular complexity index is 4110. The predicted molar refractivity (Wildman–Crippen MR) is 524 cm³/mol. The molecule has 0 aliphatic heterocycles. The van der Waals surface area contributed by atoms with E-state index >= 15 is 0 Å². The molecule has 9 rings (SSSR count). The second kappa shape index (κ2) is 50.7. The van der Waals surface area contributed by atoms with Gasteiger partial charge in [-0.05, 0) is 295 Å². The third-order valence-electron chi connectivity index (χ3n) is 21.3. The van der Waals surface area contributed by atoms with Gasteiger partial charge in [0, 0.05) is 4.11 Å². The summed E-state index contributed by atoms with van der Waals surface area (Å²) >= 11 is 0. The van der Waals surface area contributed by atoms with E-state index in [1.165, 1.54) is 146 Å². The minimum absolute atomic E-state index is 0.227. The molecule has 0 unspecified atom stereocenters. The lowest BCUT2D eigenvalue weighted by Crippen LogP contribution is -2.17. The molecule has 0 heteroatoms. The van der Waals surface area contributed by atoms with Gasteiger partial charge in [0.2, 0.25) is 0 Å². The molecule has 0 spiro atoms. The normalized spacial score (nSPS) is 11.8. The van der Waals surface area contributed by atoms with Crippen LogP contribution < -0.4 is 0 Å². The first-order valence-electron chi connectivity index (χ1n) is 46.1. The van der Waals surface area contributed by atoms with E-state index < -0.39 is 6.85 Å². The topological polar surface area (TPSA) is 0 Å². The van der Waals surface area contributed by atoms with E-state index in [1.807, 2.05) is 13.8 Å². The second-order valence-corrected chi connectivity index (χ2v) is 40.2. The van der Waals surface area contributed by atoms with Gasteiger partial charge in [0.25, 0.3) is 0 Å². The van der Waals surface area contributed by atoms with Gasteiger partial charge in [-0.15, -0.1) is 0 Å². The van der Waals surface area contributed by atoms with Crippen LogP contribution in [0, 0.1) is 94.8 Å². The molecule has 0 saturated carbocycles. The van der Waals surface area contributed by atoms with Crippen molar-refractivity contribution in [3.63, 3.8) is 0 Å². The van der Waals surface area contributed by atoms with Crippen LogP contribution >= 0.6 is 0 Å². The van der Waals surface area contributed by atoms with Gasteiger partial charge in [-0.3, -0.25) is 0 Å². The Morgan fingerprint density at radius 2 is 0.522 bits per heavy atom. The third kappa shape index (κ3) is 40.8. The molecule has 0 amide bonds. The van der Waals surface area contributed by atoms with E-state index in [2.05, 4.69) is 436 Å². The highest BCUT2D eigenvalue weighted by molar-refractivity contribution is 5.42. The van der Waals surface area contributed by atoms with Gasteiger partial charge < -0.3 is 0 Å². The highest BCUT2D eigenvalue weighted by Gasteiger charge is 2.22. The fraction of sp³-hybridized carbons (Fsp3) is 0.530. The molecule has 0 radical (unpaired) electrons. The predicted octanol–water partition coefficient (Wildman–Crippen LogP) is 36.2. The molecule has 0 nitrogen and oxygen atoms in total. The van der Waals surface area contributed by atoms with Crippen LogP contribution in [0.15, 0.2) is 164 Å². The van der Waals surface area contributed by atoms with Gasteiger partial charge in [0.05, 0.1) is 0 Å². The number of hydrogen-bond acceptors (Lipinski definition) is 0. The van der Waals surface area contributed by atoms with Crippen LogP contribution in [-0.4, -0.2) is 0 Å². The van der Waals surface area contributed by atoms with Gasteiger partial charge in [-0.25, -0.2) is 0 Å². The summed E-state index contributed by atoms with van der Waals surface area (Å²) < 4.78 is 22.1. The summed E-state index contributed by atoms with van der Waals surface area (Å²) in [6.45, 7) is 93.6. The van der Waals surface area contributed by atoms with Crippen molar-refractivity contribution < 1.29 is 4.11 Å². The highest BCUT2D eigenvalue weighted by Crippen LogP contribution is 2.34. The van der Waals surface area contributed by atoms with Crippen molar-refractivity contribution in [2.45, 2.75) is 393 Å². The summed E-state index contributed by atoms with van der Waals surface area (Å²) in [5.41, 5.74) is 37.4. The summed E-state index contributed by atoms with van der Waals surface area (Å²) in [6, 6.07) is 60.3. The molecule has 0 bridgehead atoms. The second-order valence-electron chi connectivity index (χ2n) is 40.2. The van der Waals surface area contributed by atoms with Gasteiger partial charge in [0.15, 0.2) is 0 Å². The molecule has 0 fully saturated rings. The lowest BCUT2D eigenvalue weighted by molar-refractivity contribution is 0.565. The quantitative estimate of drug-likeness (QED) is 0.0960. The Morgan fingerprint density at radius 1 is 0.226 bits per heavy atom. The number of benzene rings is 9. The smallest absolute Gasteiger partial charge is 0.0280 e.